The minimum atomic E-state index is -1.82. The second-order valence-electron chi connectivity index (χ2n) is 8.92. The Labute approximate surface area is 218 Å². The Kier molecular flexibility index (Phi) is 8.91. The Bertz CT molecular complexity index is 1140. The normalized spacial score (nSPS) is 17.0. The van der Waals surface area contributed by atoms with Crippen molar-refractivity contribution in [2.45, 2.75) is 37.8 Å². The van der Waals surface area contributed by atoms with Crippen molar-refractivity contribution in [3.8, 4) is 10.9 Å². The van der Waals surface area contributed by atoms with Gasteiger partial charge in [-0.2, -0.15) is 0 Å². The van der Waals surface area contributed by atoms with Gasteiger partial charge in [0.2, 0.25) is 0 Å². The molecule has 196 valence electrons. The van der Waals surface area contributed by atoms with E-state index in [9.17, 15) is 4.79 Å². The van der Waals surface area contributed by atoms with E-state index in [1.807, 2.05) is 63.6 Å². The first kappa shape index (κ1) is 26.4. The van der Waals surface area contributed by atoms with Crippen molar-refractivity contribution >= 4 is 29.2 Å². The molecule has 0 saturated carbocycles. The van der Waals surface area contributed by atoms with Gasteiger partial charge in [-0.1, -0.05) is 11.3 Å². The lowest BCUT2D eigenvalue weighted by Gasteiger charge is -2.41. The fraction of sp³-hybridized carbons (Fsp3) is 0.385. The van der Waals surface area contributed by atoms with E-state index in [1.54, 1.807) is 17.5 Å². The number of aliphatic carboxylic acids is 2. The fourth-order valence-electron chi connectivity index (χ4n) is 4.67. The molecule has 1 aromatic carbocycles. The zero-order chi connectivity index (χ0) is 26.2. The molecule has 0 aliphatic carbocycles. The Hall–Kier alpha value is -3.70. The summed E-state index contributed by atoms with van der Waals surface area (Å²) in [6.07, 6.45) is 10.3. The minimum Gasteiger partial charge on any atom is -0.473 e. The average Bonchev–Trinajstić information content (AvgIpc) is 3.64. The maximum absolute atomic E-state index is 13.0. The number of hydrogen-bond acceptors (Lipinski definition) is 7. The van der Waals surface area contributed by atoms with Gasteiger partial charge in [-0.05, 0) is 62.1 Å². The lowest BCUT2D eigenvalue weighted by molar-refractivity contribution is -0.159. The Morgan fingerprint density at radius 1 is 0.892 bits per heavy atom. The van der Waals surface area contributed by atoms with Gasteiger partial charge in [-0.25, -0.2) is 14.6 Å². The van der Waals surface area contributed by atoms with Gasteiger partial charge < -0.3 is 24.4 Å². The van der Waals surface area contributed by atoms with Crippen LogP contribution in [0, 0.1) is 0 Å². The van der Waals surface area contributed by atoms with Gasteiger partial charge in [0.15, 0.2) is 0 Å². The molecule has 5 rings (SSSR count). The maximum atomic E-state index is 13.0. The summed E-state index contributed by atoms with van der Waals surface area (Å²) < 4.78 is 8.03. The Morgan fingerprint density at radius 3 is 2.05 bits per heavy atom. The first-order valence-electron chi connectivity index (χ1n) is 12.2. The van der Waals surface area contributed by atoms with Gasteiger partial charge >= 0.3 is 11.9 Å². The number of benzene rings is 1. The van der Waals surface area contributed by atoms with Crippen LogP contribution in [0.25, 0.3) is 5.69 Å². The maximum Gasteiger partial charge on any atom is 0.414 e. The van der Waals surface area contributed by atoms with E-state index in [0.29, 0.717) is 6.04 Å². The van der Waals surface area contributed by atoms with E-state index in [1.165, 1.54) is 0 Å². The van der Waals surface area contributed by atoms with E-state index in [-0.39, 0.29) is 12.0 Å². The molecule has 10 nitrogen and oxygen atoms in total. The first-order valence-corrected chi connectivity index (χ1v) is 13.1. The van der Waals surface area contributed by atoms with Crippen molar-refractivity contribution in [3.05, 3.63) is 65.9 Å². The number of carbonyl (C=O) groups excluding carboxylic acids is 1. The summed E-state index contributed by atoms with van der Waals surface area (Å²) in [6.45, 7) is 3.79. The number of amides is 1. The number of aromatic nitrogens is 2. The Morgan fingerprint density at radius 2 is 1.51 bits per heavy atom. The van der Waals surface area contributed by atoms with E-state index in [4.69, 9.17) is 24.5 Å². The second-order valence-corrected chi connectivity index (χ2v) is 9.78. The molecule has 2 aliphatic rings. The number of piperidine rings is 2. The highest BCUT2D eigenvalue weighted by Crippen LogP contribution is 2.25. The first-order chi connectivity index (χ1) is 17.9. The molecular weight excluding hydrogens is 496 g/mol. The predicted octanol–water partition coefficient (Wildman–Crippen LogP) is 3.24. The van der Waals surface area contributed by atoms with Gasteiger partial charge in [0.05, 0.1) is 0 Å². The standard InChI is InChI=1S/C24H28N4O2S.C2H2O4/c29-23(19-3-5-20(6-4-19)26-12-1-2-13-26)28-14-7-21(8-15-28)27-16-9-22(10-17-27)30-24-25-11-18-31-24;3-1(4)2(5)6/h1-6,11-13,18,21-22H,7-10,14-17H2;(H,3,4)(H,5,6). The van der Waals surface area contributed by atoms with Crippen LogP contribution < -0.4 is 4.74 Å². The molecule has 2 aliphatic heterocycles. The summed E-state index contributed by atoms with van der Waals surface area (Å²) in [4.78, 5) is 40.0. The van der Waals surface area contributed by atoms with Gasteiger partial charge in [0.25, 0.3) is 11.1 Å². The highest BCUT2D eigenvalue weighted by molar-refractivity contribution is 7.11. The van der Waals surface area contributed by atoms with E-state index >= 15 is 0 Å². The van der Waals surface area contributed by atoms with Crippen molar-refractivity contribution < 1.29 is 29.3 Å². The molecule has 1 amide bonds. The number of nitrogens with zero attached hydrogens (tertiary/aromatic N) is 4. The molecule has 2 N–H and O–H groups in total. The zero-order valence-corrected chi connectivity index (χ0v) is 21.1. The third kappa shape index (κ3) is 7.17. The van der Waals surface area contributed by atoms with Crippen molar-refractivity contribution in [1.82, 2.24) is 19.4 Å². The van der Waals surface area contributed by atoms with Crippen LogP contribution in [0.4, 0.5) is 0 Å². The monoisotopic (exact) mass is 526 g/mol. The molecule has 2 saturated heterocycles. The zero-order valence-electron chi connectivity index (χ0n) is 20.3. The fourth-order valence-corrected chi connectivity index (χ4v) is 5.22. The molecule has 2 fully saturated rings. The van der Waals surface area contributed by atoms with Gasteiger partial charge in [-0.15, -0.1) is 0 Å². The van der Waals surface area contributed by atoms with Gasteiger partial charge in [0, 0.05) is 67.4 Å². The lowest BCUT2D eigenvalue weighted by Crippen LogP contribution is -2.50. The van der Waals surface area contributed by atoms with Gasteiger partial charge in [-0.3, -0.25) is 9.69 Å². The van der Waals surface area contributed by atoms with E-state index in [2.05, 4.69) is 9.88 Å². The van der Waals surface area contributed by atoms with Crippen LogP contribution in [0.2, 0.25) is 0 Å². The number of carbonyl (C=O) groups is 3. The summed E-state index contributed by atoms with van der Waals surface area (Å²) in [5.74, 6) is -3.50. The van der Waals surface area contributed by atoms with Crippen molar-refractivity contribution in [2.75, 3.05) is 26.2 Å². The summed E-state index contributed by atoms with van der Waals surface area (Å²) in [6, 6.07) is 12.5. The number of thiazole rings is 1. The molecule has 0 unspecified atom stereocenters. The van der Waals surface area contributed by atoms with Crippen molar-refractivity contribution in [3.63, 3.8) is 0 Å². The van der Waals surface area contributed by atoms with Crippen LogP contribution in [0.5, 0.6) is 5.19 Å². The second kappa shape index (κ2) is 12.5. The summed E-state index contributed by atoms with van der Waals surface area (Å²) in [7, 11) is 0. The number of carboxylic acid groups (broad SMARTS) is 2. The molecule has 2 aromatic heterocycles. The number of rotatable bonds is 5. The minimum absolute atomic E-state index is 0.146. The van der Waals surface area contributed by atoms with E-state index < -0.39 is 11.9 Å². The molecule has 3 aromatic rings. The van der Waals surface area contributed by atoms with Crippen LogP contribution in [0.15, 0.2) is 60.4 Å². The SMILES string of the molecule is O=C(O)C(=O)O.O=C(c1ccc(-n2cccc2)cc1)N1CCC(N2CCC(Oc3nccs3)CC2)CC1. The van der Waals surface area contributed by atoms with Crippen LogP contribution in [-0.2, 0) is 9.59 Å². The molecule has 0 spiro atoms. The van der Waals surface area contributed by atoms with Gasteiger partial charge in [0.1, 0.15) is 6.10 Å². The number of likely N-dealkylation sites (tertiary alicyclic amines) is 2. The van der Waals surface area contributed by atoms with Crippen LogP contribution in [-0.4, -0.2) is 85.7 Å². The highest BCUT2D eigenvalue weighted by atomic mass is 32.1. The highest BCUT2D eigenvalue weighted by Gasteiger charge is 2.30. The molecular formula is C26H30N4O6S. The number of carboxylic acids is 2. The summed E-state index contributed by atoms with van der Waals surface area (Å²) in [5.41, 5.74) is 1.84. The van der Waals surface area contributed by atoms with Crippen molar-refractivity contribution in [1.29, 1.82) is 0 Å². The molecule has 11 heteroatoms. The van der Waals surface area contributed by atoms with E-state index in [0.717, 1.165) is 68.3 Å². The Balaban J connectivity index is 0.000000480. The number of hydrogen-bond donors (Lipinski definition) is 2. The third-order valence-electron chi connectivity index (χ3n) is 6.62. The third-order valence-corrected chi connectivity index (χ3v) is 7.28. The molecule has 0 bridgehead atoms. The largest absolute Gasteiger partial charge is 0.473 e. The van der Waals surface area contributed by atoms with Crippen LogP contribution in [0.1, 0.15) is 36.0 Å². The lowest BCUT2D eigenvalue weighted by atomic mass is 9.98. The average molecular weight is 527 g/mol. The molecule has 0 atom stereocenters. The summed E-state index contributed by atoms with van der Waals surface area (Å²) in [5, 5.41) is 17.5. The van der Waals surface area contributed by atoms with Crippen LogP contribution in [0.3, 0.4) is 0 Å². The molecule has 37 heavy (non-hydrogen) atoms. The molecule has 4 heterocycles. The van der Waals surface area contributed by atoms with Crippen molar-refractivity contribution in [2.24, 2.45) is 0 Å². The predicted molar refractivity (Wildman–Crippen MR) is 137 cm³/mol. The quantitative estimate of drug-likeness (QED) is 0.486. The number of ether oxygens (including phenoxy) is 1. The smallest absolute Gasteiger partial charge is 0.414 e. The summed E-state index contributed by atoms with van der Waals surface area (Å²) >= 11 is 1.56. The topological polar surface area (TPSA) is 125 Å². The molecule has 0 radical (unpaired) electrons. The van der Waals surface area contributed by atoms with Crippen LogP contribution >= 0.6 is 11.3 Å².